The number of carbonyl (C=O) groups excluding carboxylic acids is 1. The molecule has 0 aliphatic carbocycles. The van der Waals surface area contributed by atoms with Crippen molar-refractivity contribution < 1.29 is 23.7 Å². The molecule has 7 nitrogen and oxygen atoms in total. The minimum absolute atomic E-state index is 0.291. The maximum absolute atomic E-state index is 13.4. The van der Waals surface area contributed by atoms with Gasteiger partial charge in [-0.05, 0) is 56.9 Å². The molecule has 0 saturated carbocycles. The van der Waals surface area contributed by atoms with Crippen LogP contribution in [0.25, 0.3) is 0 Å². The summed E-state index contributed by atoms with van der Waals surface area (Å²) >= 11 is 0. The summed E-state index contributed by atoms with van der Waals surface area (Å²) in [6, 6.07) is 23.9. The van der Waals surface area contributed by atoms with Crippen LogP contribution >= 0.6 is 0 Å². The van der Waals surface area contributed by atoms with Crippen molar-refractivity contribution in [1.82, 2.24) is 4.98 Å². The first kappa shape index (κ1) is 28.7. The van der Waals surface area contributed by atoms with Crippen molar-refractivity contribution in [3.63, 3.8) is 0 Å². The van der Waals surface area contributed by atoms with Crippen molar-refractivity contribution in [2.75, 3.05) is 31.3 Å². The minimum Gasteiger partial charge on any atom is -0.443 e. The first-order valence-corrected chi connectivity index (χ1v) is 13.6. The zero-order chi connectivity index (χ0) is 27.7. The third kappa shape index (κ3) is 7.88. The summed E-state index contributed by atoms with van der Waals surface area (Å²) < 4.78 is 23.7. The molecule has 3 aromatic rings. The van der Waals surface area contributed by atoms with E-state index in [1.54, 1.807) is 4.90 Å². The van der Waals surface area contributed by atoms with Crippen molar-refractivity contribution in [2.45, 2.75) is 64.9 Å². The van der Waals surface area contributed by atoms with Gasteiger partial charge in [0.2, 0.25) is 0 Å². The molecular formula is C32H40N2O5. The van der Waals surface area contributed by atoms with Crippen molar-refractivity contribution in [1.29, 1.82) is 0 Å². The topological polar surface area (TPSA) is 70.1 Å². The Bertz CT molecular complexity index is 1190. The van der Waals surface area contributed by atoms with Gasteiger partial charge in [0.1, 0.15) is 11.4 Å². The van der Waals surface area contributed by atoms with Gasteiger partial charge in [0.05, 0.1) is 38.7 Å². The smallest absolute Gasteiger partial charge is 0.416 e. The molecule has 1 fully saturated rings. The number of benzene rings is 2. The number of nitrogens with zero attached hydrogens (tertiary/aromatic N) is 2. The van der Waals surface area contributed by atoms with Crippen LogP contribution in [0, 0.1) is 0 Å². The van der Waals surface area contributed by atoms with Crippen LogP contribution < -0.4 is 4.90 Å². The molecule has 0 N–H and O–H groups in total. The van der Waals surface area contributed by atoms with Crippen molar-refractivity contribution in [3.8, 4) is 0 Å². The van der Waals surface area contributed by atoms with E-state index >= 15 is 0 Å². The van der Waals surface area contributed by atoms with Gasteiger partial charge in [-0.25, -0.2) is 9.78 Å². The summed E-state index contributed by atoms with van der Waals surface area (Å²) in [5.74, 6) is 0.514. The fourth-order valence-corrected chi connectivity index (χ4v) is 4.70. The Morgan fingerprint density at radius 2 is 1.64 bits per heavy atom. The first-order chi connectivity index (χ1) is 18.8. The first-order valence-electron chi connectivity index (χ1n) is 13.6. The van der Waals surface area contributed by atoms with Gasteiger partial charge < -0.3 is 18.9 Å². The van der Waals surface area contributed by atoms with Crippen LogP contribution in [0.1, 0.15) is 56.5 Å². The van der Waals surface area contributed by atoms with E-state index in [2.05, 4.69) is 6.07 Å². The Labute approximate surface area is 232 Å². The second kappa shape index (κ2) is 13.2. The molecule has 208 valence electrons. The lowest BCUT2D eigenvalue weighted by molar-refractivity contribution is 0.0575. The van der Waals surface area contributed by atoms with Gasteiger partial charge in [0.15, 0.2) is 0 Å². The zero-order valence-electron chi connectivity index (χ0n) is 23.5. The van der Waals surface area contributed by atoms with Crippen molar-refractivity contribution in [2.24, 2.45) is 0 Å². The molecular weight excluding hydrogens is 492 g/mol. The van der Waals surface area contributed by atoms with Crippen LogP contribution in [-0.2, 0) is 44.1 Å². The Hall–Kier alpha value is -3.26. The third-order valence-electron chi connectivity index (χ3n) is 6.64. The highest BCUT2D eigenvalue weighted by atomic mass is 16.6. The molecule has 1 unspecified atom stereocenters. The highest BCUT2D eigenvalue weighted by molar-refractivity contribution is 5.86. The average Bonchev–Trinajstić information content (AvgIpc) is 3.40. The lowest BCUT2D eigenvalue weighted by Gasteiger charge is -2.31. The summed E-state index contributed by atoms with van der Waals surface area (Å²) in [6.07, 6.45) is 0.385. The number of ether oxygens (including phenoxy) is 4. The van der Waals surface area contributed by atoms with Crippen molar-refractivity contribution in [3.05, 3.63) is 95.2 Å². The second-order valence-electron chi connectivity index (χ2n) is 10.9. The largest absolute Gasteiger partial charge is 0.443 e. The fourth-order valence-electron chi connectivity index (χ4n) is 4.70. The summed E-state index contributed by atoms with van der Waals surface area (Å²) in [5.41, 5.74) is 2.92. The number of hydrogen-bond donors (Lipinski definition) is 0. The predicted octanol–water partition coefficient (Wildman–Crippen LogP) is 6.43. The van der Waals surface area contributed by atoms with Gasteiger partial charge in [-0.15, -0.1) is 0 Å². The van der Waals surface area contributed by atoms with Crippen LogP contribution in [0.4, 0.5) is 10.6 Å². The van der Waals surface area contributed by atoms with Gasteiger partial charge in [0, 0.05) is 18.6 Å². The quantitative estimate of drug-likeness (QED) is 0.283. The van der Waals surface area contributed by atoms with Gasteiger partial charge >= 0.3 is 6.09 Å². The van der Waals surface area contributed by atoms with Crippen LogP contribution in [0.2, 0.25) is 0 Å². The number of hydrogen-bond acceptors (Lipinski definition) is 6. The molecule has 1 amide bonds. The maximum Gasteiger partial charge on any atom is 0.416 e. The molecule has 39 heavy (non-hydrogen) atoms. The van der Waals surface area contributed by atoms with E-state index in [4.69, 9.17) is 23.9 Å². The Morgan fingerprint density at radius 3 is 2.26 bits per heavy atom. The van der Waals surface area contributed by atoms with Crippen LogP contribution in [0.3, 0.4) is 0 Å². The average molecular weight is 533 g/mol. The Morgan fingerprint density at radius 1 is 0.949 bits per heavy atom. The Balaban J connectivity index is 1.70. The molecule has 0 spiro atoms. The Kier molecular flexibility index (Phi) is 9.73. The van der Waals surface area contributed by atoms with Crippen LogP contribution in [0.15, 0.2) is 72.8 Å². The van der Waals surface area contributed by atoms with Gasteiger partial charge in [0.25, 0.3) is 0 Å². The highest BCUT2D eigenvalue weighted by Gasteiger charge is 2.39. The molecule has 1 aromatic heterocycles. The fraction of sp³-hybridized carbons (Fsp3) is 0.438. The van der Waals surface area contributed by atoms with E-state index < -0.39 is 11.7 Å². The molecule has 2 aromatic carbocycles. The zero-order valence-corrected chi connectivity index (χ0v) is 23.5. The second-order valence-corrected chi connectivity index (χ2v) is 10.9. The standard InChI is InChI=1S/C32H40N2O5/c1-5-36-23-32(18-19-37-24-32)27-16-17-29(33-28(27)22-38-21-26-14-10-7-11-15-26)34(30(35)39-31(2,3)4)20-25-12-8-6-9-13-25/h6-17H,5,18-24H2,1-4H3. The molecule has 1 atom stereocenters. The van der Waals surface area contributed by atoms with E-state index in [9.17, 15) is 4.79 Å². The monoisotopic (exact) mass is 532 g/mol. The number of aromatic nitrogens is 1. The molecule has 1 aliphatic heterocycles. The molecule has 1 saturated heterocycles. The SMILES string of the molecule is CCOCC1(c2ccc(N(Cc3ccccc3)C(=O)OC(C)(C)C)nc2COCc2ccccc2)CCOC1. The number of anilines is 1. The van der Waals surface area contributed by atoms with Crippen molar-refractivity contribution >= 4 is 11.9 Å². The number of amides is 1. The van der Waals surface area contributed by atoms with E-state index in [0.717, 1.165) is 28.8 Å². The number of rotatable bonds is 11. The summed E-state index contributed by atoms with van der Waals surface area (Å²) in [4.78, 5) is 20.0. The van der Waals surface area contributed by atoms with Crippen LogP contribution in [0.5, 0.6) is 0 Å². The predicted molar refractivity (Wildman–Crippen MR) is 152 cm³/mol. The van der Waals surface area contributed by atoms with Gasteiger partial charge in [-0.2, -0.15) is 0 Å². The lowest BCUT2D eigenvalue weighted by atomic mass is 9.79. The van der Waals surface area contributed by atoms with E-state index in [-0.39, 0.29) is 5.41 Å². The molecule has 4 rings (SSSR count). The van der Waals surface area contributed by atoms with Gasteiger partial charge in [-0.3, -0.25) is 4.90 Å². The third-order valence-corrected chi connectivity index (χ3v) is 6.64. The van der Waals surface area contributed by atoms with Gasteiger partial charge in [-0.1, -0.05) is 66.7 Å². The maximum atomic E-state index is 13.4. The van der Waals surface area contributed by atoms with E-state index in [1.807, 2.05) is 94.4 Å². The normalized spacial score (nSPS) is 17.2. The number of carbonyl (C=O) groups is 1. The lowest BCUT2D eigenvalue weighted by Crippen LogP contribution is -2.38. The molecule has 2 heterocycles. The molecule has 1 aliphatic rings. The van der Waals surface area contributed by atoms with Crippen LogP contribution in [-0.4, -0.2) is 43.1 Å². The van der Waals surface area contributed by atoms with E-state index in [1.165, 1.54) is 0 Å². The minimum atomic E-state index is -0.643. The summed E-state index contributed by atoms with van der Waals surface area (Å²) in [7, 11) is 0. The van der Waals surface area contributed by atoms with E-state index in [0.29, 0.717) is 52.0 Å². The number of pyridine rings is 1. The molecule has 7 heteroatoms. The molecule has 0 radical (unpaired) electrons. The highest BCUT2D eigenvalue weighted by Crippen LogP contribution is 2.37. The molecule has 0 bridgehead atoms. The summed E-state index contributed by atoms with van der Waals surface area (Å²) in [5, 5.41) is 0. The summed E-state index contributed by atoms with van der Waals surface area (Å²) in [6.45, 7) is 11.0.